The van der Waals surface area contributed by atoms with Crippen molar-refractivity contribution in [3.8, 4) is 0 Å². The van der Waals surface area contributed by atoms with Crippen molar-refractivity contribution in [2.45, 2.75) is 39.0 Å². The van der Waals surface area contributed by atoms with Crippen LogP contribution in [0.4, 0.5) is 4.79 Å². The first-order chi connectivity index (χ1) is 12.7. The minimum atomic E-state index is -0.179. The van der Waals surface area contributed by atoms with E-state index in [-0.39, 0.29) is 12.1 Å². The molecule has 3 aliphatic rings. The van der Waals surface area contributed by atoms with Gasteiger partial charge in [-0.3, -0.25) is 4.90 Å². The average molecular weight is 354 g/mol. The number of hydrogen-bond acceptors (Lipinski definition) is 4. The second-order valence-electron chi connectivity index (χ2n) is 7.46. The molecule has 4 heterocycles. The molecule has 2 atom stereocenters. The quantitative estimate of drug-likeness (QED) is 0.917. The average Bonchev–Trinajstić information content (AvgIpc) is 2.87. The highest BCUT2D eigenvalue weighted by molar-refractivity contribution is 5.68. The lowest BCUT2D eigenvalue weighted by molar-refractivity contribution is 0.0631. The van der Waals surface area contributed by atoms with E-state index in [9.17, 15) is 4.79 Å². The van der Waals surface area contributed by atoms with Crippen LogP contribution in [0.1, 0.15) is 29.8 Å². The molecule has 3 saturated heterocycles. The molecule has 3 aliphatic heterocycles. The summed E-state index contributed by atoms with van der Waals surface area (Å²) in [7, 11) is 0. The van der Waals surface area contributed by atoms with Crippen LogP contribution < -0.4 is 0 Å². The highest BCUT2D eigenvalue weighted by Crippen LogP contribution is 2.29. The predicted molar refractivity (Wildman–Crippen MR) is 98.4 cm³/mol. The van der Waals surface area contributed by atoms with Gasteiger partial charge in [-0.25, -0.2) is 9.78 Å². The monoisotopic (exact) mass is 354 g/mol. The van der Waals surface area contributed by atoms with Crippen LogP contribution in [0.5, 0.6) is 0 Å². The van der Waals surface area contributed by atoms with E-state index in [2.05, 4.69) is 21.8 Å². The first-order valence-corrected chi connectivity index (χ1v) is 9.37. The molecule has 0 radical (unpaired) electrons. The highest BCUT2D eigenvalue weighted by atomic mass is 16.6. The Bertz CT molecular complexity index is 745. The standard InChI is InChI=1S/C20H26N4O2/c1-15-19(22-14-21-15)12-23-9-17-7-8-18(11-23)24(10-17)20(25)26-13-16-5-3-2-4-6-16/h2-6,14,17-18H,7-13H2,1H3,(H,21,22)/t17-,18+/m0/s1. The number of H-pyrrole nitrogens is 1. The van der Waals surface area contributed by atoms with Gasteiger partial charge in [0, 0.05) is 37.9 Å². The first kappa shape index (κ1) is 17.1. The number of rotatable bonds is 4. The van der Waals surface area contributed by atoms with Gasteiger partial charge >= 0.3 is 6.09 Å². The van der Waals surface area contributed by atoms with Gasteiger partial charge < -0.3 is 14.6 Å². The number of aromatic amines is 1. The molecular weight excluding hydrogens is 328 g/mol. The van der Waals surface area contributed by atoms with E-state index in [0.29, 0.717) is 12.5 Å². The first-order valence-electron chi connectivity index (χ1n) is 9.37. The Labute approximate surface area is 154 Å². The highest BCUT2D eigenvalue weighted by Gasteiger charge is 2.38. The number of imidazole rings is 1. The predicted octanol–water partition coefficient (Wildman–Crippen LogP) is 2.95. The lowest BCUT2D eigenvalue weighted by atomic mass is 9.95. The van der Waals surface area contributed by atoms with Gasteiger partial charge in [0.25, 0.3) is 0 Å². The smallest absolute Gasteiger partial charge is 0.410 e. The maximum atomic E-state index is 12.7. The SMILES string of the molecule is Cc1[nH]cnc1CN1C[C@@H]2CC[C@H](C1)N(C(=O)OCc1ccccc1)C2. The van der Waals surface area contributed by atoms with Crippen molar-refractivity contribution >= 4 is 6.09 Å². The van der Waals surface area contributed by atoms with Crippen LogP contribution in [0.15, 0.2) is 36.7 Å². The molecule has 26 heavy (non-hydrogen) atoms. The van der Waals surface area contributed by atoms with Crippen molar-refractivity contribution in [3.63, 3.8) is 0 Å². The van der Waals surface area contributed by atoms with Crippen molar-refractivity contribution in [1.82, 2.24) is 19.8 Å². The molecule has 2 bridgehead atoms. The Hall–Kier alpha value is -2.34. The molecule has 0 aliphatic carbocycles. The number of carbonyl (C=O) groups is 1. The number of benzene rings is 1. The van der Waals surface area contributed by atoms with Crippen LogP contribution in [0, 0.1) is 12.8 Å². The summed E-state index contributed by atoms with van der Waals surface area (Å²) in [5, 5.41) is 0. The summed E-state index contributed by atoms with van der Waals surface area (Å²) in [6.07, 6.45) is 3.82. The molecule has 2 aromatic rings. The number of carbonyl (C=O) groups excluding carboxylic acids is 1. The molecule has 5 rings (SSSR count). The fraction of sp³-hybridized carbons (Fsp3) is 0.500. The third kappa shape index (κ3) is 3.75. The minimum Gasteiger partial charge on any atom is -0.445 e. The Morgan fingerprint density at radius 3 is 2.85 bits per heavy atom. The van der Waals surface area contributed by atoms with E-state index in [1.807, 2.05) is 35.2 Å². The molecule has 0 saturated carbocycles. The van der Waals surface area contributed by atoms with Crippen molar-refractivity contribution in [3.05, 3.63) is 53.6 Å². The van der Waals surface area contributed by atoms with Crippen molar-refractivity contribution in [2.24, 2.45) is 5.92 Å². The van der Waals surface area contributed by atoms with Gasteiger partial charge in [0.05, 0.1) is 12.0 Å². The third-order valence-electron chi connectivity index (χ3n) is 5.54. The van der Waals surface area contributed by atoms with Gasteiger partial charge in [-0.1, -0.05) is 30.3 Å². The number of aromatic nitrogens is 2. The molecule has 6 heteroatoms. The van der Waals surface area contributed by atoms with Crippen LogP contribution in [-0.4, -0.2) is 51.5 Å². The van der Waals surface area contributed by atoms with Gasteiger partial charge in [-0.15, -0.1) is 0 Å². The molecule has 3 fully saturated rings. The van der Waals surface area contributed by atoms with Crippen LogP contribution in [0.2, 0.25) is 0 Å². The van der Waals surface area contributed by atoms with Gasteiger partial charge in [0.1, 0.15) is 6.61 Å². The van der Waals surface area contributed by atoms with E-state index >= 15 is 0 Å². The zero-order valence-corrected chi connectivity index (χ0v) is 15.2. The van der Waals surface area contributed by atoms with Crippen molar-refractivity contribution < 1.29 is 9.53 Å². The summed E-state index contributed by atoms with van der Waals surface area (Å²) < 4.78 is 5.59. The van der Waals surface area contributed by atoms with Crippen LogP contribution >= 0.6 is 0 Å². The molecule has 1 N–H and O–H groups in total. The van der Waals surface area contributed by atoms with E-state index in [1.165, 1.54) is 6.42 Å². The molecular formula is C20H26N4O2. The van der Waals surface area contributed by atoms with E-state index in [1.54, 1.807) is 6.33 Å². The maximum absolute atomic E-state index is 12.7. The topological polar surface area (TPSA) is 61.5 Å². The Kier molecular flexibility index (Phi) is 4.93. The van der Waals surface area contributed by atoms with Crippen molar-refractivity contribution in [1.29, 1.82) is 0 Å². The minimum absolute atomic E-state index is 0.179. The maximum Gasteiger partial charge on any atom is 0.410 e. The van der Waals surface area contributed by atoms with Crippen LogP contribution in [-0.2, 0) is 17.9 Å². The van der Waals surface area contributed by atoms with E-state index in [0.717, 1.165) is 49.6 Å². The zero-order valence-electron chi connectivity index (χ0n) is 15.2. The zero-order chi connectivity index (χ0) is 17.9. The summed E-state index contributed by atoms with van der Waals surface area (Å²) in [5.41, 5.74) is 3.25. The number of hydrogen-bond donors (Lipinski definition) is 1. The molecule has 0 unspecified atom stereocenters. The summed E-state index contributed by atoms with van der Waals surface area (Å²) in [6, 6.07) is 10.1. The third-order valence-corrected chi connectivity index (χ3v) is 5.54. The van der Waals surface area contributed by atoms with E-state index < -0.39 is 0 Å². The number of fused-ring (bicyclic) bond motifs is 4. The molecule has 6 nitrogen and oxygen atoms in total. The Morgan fingerprint density at radius 1 is 1.23 bits per heavy atom. The summed E-state index contributed by atoms with van der Waals surface area (Å²) in [6.45, 7) is 5.95. The summed E-state index contributed by atoms with van der Waals surface area (Å²) >= 11 is 0. The van der Waals surface area contributed by atoms with Gasteiger partial charge in [-0.05, 0) is 31.2 Å². The molecule has 0 spiro atoms. The van der Waals surface area contributed by atoms with Crippen LogP contribution in [0.3, 0.4) is 0 Å². The lowest BCUT2D eigenvalue weighted by Gasteiger charge is -2.35. The number of amides is 1. The normalized spacial score (nSPS) is 23.0. The number of aryl methyl sites for hydroxylation is 1. The molecule has 1 aromatic carbocycles. The largest absolute Gasteiger partial charge is 0.445 e. The van der Waals surface area contributed by atoms with Gasteiger partial charge in [0.2, 0.25) is 0 Å². The number of piperidine rings is 1. The number of nitrogens with one attached hydrogen (secondary N) is 1. The van der Waals surface area contributed by atoms with Crippen LogP contribution in [0.25, 0.3) is 0 Å². The summed E-state index contributed by atoms with van der Waals surface area (Å²) in [5.74, 6) is 0.511. The molecule has 138 valence electrons. The fourth-order valence-electron chi connectivity index (χ4n) is 4.09. The number of ether oxygens (including phenoxy) is 1. The van der Waals surface area contributed by atoms with Crippen molar-refractivity contribution in [2.75, 3.05) is 19.6 Å². The Morgan fingerprint density at radius 2 is 2.08 bits per heavy atom. The Balaban J connectivity index is 1.38. The lowest BCUT2D eigenvalue weighted by Crippen LogP contribution is -2.47. The second kappa shape index (κ2) is 7.50. The van der Waals surface area contributed by atoms with Gasteiger partial charge in [-0.2, -0.15) is 0 Å². The van der Waals surface area contributed by atoms with E-state index in [4.69, 9.17) is 4.74 Å². The fourth-order valence-corrected chi connectivity index (χ4v) is 4.09. The molecule has 1 amide bonds. The number of nitrogens with zero attached hydrogens (tertiary/aromatic N) is 3. The van der Waals surface area contributed by atoms with Gasteiger partial charge in [0.15, 0.2) is 0 Å². The summed E-state index contributed by atoms with van der Waals surface area (Å²) in [4.78, 5) is 24.6. The second-order valence-corrected chi connectivity index (χ2v) is 7.46. The molecule has 1 aromatic heterocycles.